The van der Waals surface area contributed by atoms with Crippen LogP contribution >= 0.6 is 0 Å². The topological polar surface area (TPSA) is 159 Å². The van der Waals surface area contributed by atoms with E-state index in [9.17, 15) is 42.3 Å². The number of pyridine rings is 1. The van der Waals surface area contributed by atoms with Gasteiger partial charge in [0.25, 0.3) is 5.91 Å². The Balaban J connectivity index is 1.48. The molecule has 49 heavy (non-hydrogen) atoms. The molecule has 266 valence electrons. The standard InChI is InChI=1S/C33H40F3N5O8/c1-2-3-19-48-32(47)41-17-15-39(16-18-41)30(45)25(9-10-28(42)43)38-29(44)27-21-24(20-26(37-27)22-7-5-4-6-8-22)49-23-11-13-40(14-12-23)31(46)33(34,35)36/h4-8,20-21,23,25H,2-3,9-19H2,1H3,(H,38,44)(H,42,43)/t25-/m0/s1. The lowest BCUT2D eigenvalue weighted by Gasteiger charge is -2.36. The van der Waals surface area contributed by atoms with Crippen molar-refractivity contribution < 1.29 is 51.7 Å². The van der Waals surface area contributed by atoms with Gasteiger partial charge in [0.05, 0.1) is 12.3 Å². The lowest BCUT2D eigenvalue weighted by molar-refractivity contribution is -0.187. The summed E-state index contributed by atoms with van der Waals surface area (Å²) in [7, 11) is 0. The highest BCUT2D eigenvalue weighted by molar-refractivity contribution is 5.97. The Morgan fingerprint density at radius 2 is 1.61 bits per heavy atom. The number of halogens is 3. The second-order valence-electron chi connectivity index (χ2n) is 11.8. The normalized spacial score (nSPS) is 16.1. The van der Waals surface area contributed by atoms with Gasteiger partial charge in [-0.05, 0) is 12.8 Å². The van der Waals surface area contributed by atoms with Gasteiger partial charge in [0.15, 0.2) is 0 Å². The van der Waals surface area contributed by atoms with Crippen molar-refractivity contribution >= 4 is 29.8 Å². The van der Waals surface area contributed by atoms with E-state index in [1.54, 1.807) is 36.4 Å². The fraction of sp³-hybridized carbons (Fsp3) is 0.515. The van der Waals surface area contributed by atoms with Crippen LogP contribution in [-0.2, 0) is 19.1 Å². The molecule has 1 aromatic heterocycles. The molecule has 13 nitrogen and oxygen atoms in total. The highest BCUT2D eigenvalue weighted by Crippen LogP contribution is 2.27. The molecule has 0 spiro atoms. The molecule has 1 atom stereocenters. The Morgan fingerprint density at radius 3 is 2.22 bits per heavy atom. The number of carbonyl (C=O) groups excluding carboxylic acids is 4. The van der Waals surface area contributed by atoms with Gasteiger partial charge in [0.1, 0.15) is 23.6 Å². The Morgan fingerprint density at radius 1 is 0.959 bits per heavy atom. The number of carboxylic acid groups (broad SMARTS) is 1. The molecule has 0 bridgehead atoms. The van der Waals surface area contributed by atoms with Crippen molar-refractivity contribution in [2.45, 2.75) is 63.8 Å². The van der Waals surface area contributed by atoms with Gasteiger partial charge in [-0.2, -0.15) is 13.2 Å². The molecule has 2 N–H and O–H groups in total. The Hall–Kier alpha value is -4.89. The number of rotatable bonds is 12. The summed E-state index contributed by atoms with van der Waals surface area (Å²) < 4.78 is 50.0. The fourth-order valence-electron chi connectivity index (χ4n) is 5.48. The first-order valence-electron chi connectivity index (χ1n) is 16.2. The van der Waals surface area contributed by atoms with Crippen molar-refractivity contribution in [1.29, 1.82) is 0 Å². The molecule has 2 aliphatic rings. The molecule has 3 heterocycles. The molecule has 2 saturated heterocycles. The van der Waals surface area contributed by atoms with Crippen LogP contribution in [-0.4, -0.2) is 119 Å². The van der Waals surface area contributed by atoms with E-state index >= 15 is 0 Å². The number of hydrogen-bond donors (Lipinski definition) is 2. The minimum atomic E-state index is -4.97. The highest BCUT2D eigenvalue weighted by atomic mass is 19.4. The van der Waals surface area contributed by atoms with Gasteiger partial charge in [0, 0.05) is 76.2 Å². The summed E-state index contributed by atoms with van der Waals surface area (Å²) in [6.07, 6.45) is -4.73. The van der Waals surface area contributed by atoms with E-state index in [1.165, 1.54) is 15.9 Å². The van der Waals surface area contributed by atoms with Gasteiger partial charge < -0.3 is 34.6 Å². The number of nitrogens with zero attached hydrogens (tertiary/aromatic N) is 4. The number of alkyl halides is 3. The number of piperazine rings is 1. The van der Waals surface area contributed by atoms with Gasteiger partial charge in [0.2, 0.25) is 5.91 Å². The van der Waals surface area contributed by atoms with Gasteiger partial charge in [-0.25, -0.2) is 9.78 Å². The zero-order valence-electron chi connectivity index (χ0n) is 27.1. The summed E-state index contributed by atoms with van der Waals surface area (Å²) in [6, 6.07) is 10.6. The third kappa shape index (κ3) is 10.5. The molecule has 0 aliphatic carbocycles. The zero-order chi connectivity index (χ0) is 35.6. The third-order valence-electron chi connectivity index (χ3n) is 8.20. The number of aromatic nitrogens is 1. The summed E-state index contributed by atoms with van der Waals surface area (Å²) in [4.78, 5) is 70.7. The van der Waals surface area contributed by atoms with Crippen molar-refractivity contribution in [2.75, 3.05) is 45.9 Å². The number of aliphatic carboxylic acids is 1. The van der Waals surface area contributed by atoms with E-state index in [2.05, 4.69) is 10.3 Å². The van der Waals surface area contributed by atoms with E-state index in [-0.39, 0.29) is 70.0 Å². The summed E-state index contributed by atoms with van der Waals surface area (Å²) in [5, 5.41) is 12.0. The molecule has 4 rings (SSSR count). The minimum Gasteiger partial charge on any atom is -0.490 e. The van der Waals surface area contributed by atoms with E-state index in [4.69, 9.17) is 9.47 Å². The van der Waals surface area contributed by atoms with Crippen LogP contribution in [0.25, 0.3) is 11.3 Å². The van der Waals surface area contributed by atoms with Crippen molar-refractivity contribution in [1.82, 2.24) is 25.0 Å². The molecular weight excluding hydrogens is 651 g/mol. The quantitative estimate of drug-likeness (QED) is 0.317. The summed E-state index contributed by atoms with van der Waals surface area (Å²) in [5.74, 6) is -4.14. The largest absolute Gasteiger partial charge is 0.490 e. The van der Waals surface area contributed by atoms with Crippen LogP contribution in [0, 0.1) is 0 Å². The molecule has 4 amide bonds. The molecule has 2 fully saturated rings. The molecule has 0 unspecified atom stereocenters. The molecule has 1 aromatic carbocycles. The predicted molar refractivity (Wildman–Crippen MR) is 168 cm³/mol. The van der Waals surface area contributed by atoms with E-state index in [0.29, 0.717) is 17.9 Å². The maximum Gasteiger partial charge on any atom is 0.471 e. The van der Waals surface area contributed by atoms with Crippen LogP contribution in [0.2, 0.25) is 0 Å². The zero-order valence-corrected chi connectivity index (χ0v) is 27.1. The lowest BCUT2D eigenvalue weighted by Crippen LogP contribution is -2.56. The Bertz CT molecular complexity index is 1480. The van der Waals surface area contributed by atoms with Crippen molar-refractivity contribution in [3.8, 4) is 17.0 Å². The average molecular weight is 692 g/mol. The second-order valence-corrected chi connectivity index (χ2v) is 11.8. The van der Waals surface area contributed by atoms with Crippen LogP contribution < -0.4 is 10.1 Å². The average Bonchev–Trinajstić information content (AvgIpc) is 3.09. The van der Waals surface area contributed by atoms with Gasteiger partial charge >= 0.3 is 24.1 Å². The number of benzene rings is 1. The van der Waals surface area contributed by atoms with E-state index < -0.39 is 54.5 Å². The number of nitrogens with one attached hydrogen (secondary N) is 1. The fourth-order valence-corrected chi connectivity index (χ4v) is 5.48. The summed E-state index contributed by atoms with van der Waals surface area (Å²) >= 11 is 0. The number of carbonyl (C=O) groups is 5. The van der Waals surface area contributed by atoms with Crippen molar-refractivity contribution in [2.24, 2.45) is 0 Å². The predicted octanol–water partition coefficient (Wildman–Crippen LogP) is 3.72. The first kappa shape index (κ1) is 36.9. The van der Waals surface area contributed by atoms with Crippen LogP contribution in [0.5, 0.6) is 5.75 Å². The number of amides is 4. The monoisotopic (exact) mass is 691 g/mol. The first-order chi connectivity index (χ1) is 23.3. The highest BCUT2D eigenvalue weighted by Gasteiger charge is 2.43. The molecule has 2 aromatic rings. The number of piperidine rings is 1. The molecular formula is C33H40F3N5O8. The van der Waals surface area contributed by atoms with E-state index in [1.807, 2.05) is 6.92 Å². The second kappa shape index (κ2) is 17.0. The number of unbranched alkanes of at least 4 members (excludes halogenated alkanes) is 1. The Labute approximate surface area is 281 Å². The summed E-state index contributed by atoms with van der Waals surface area (Å²) in [5.41, 5.74) is 0.856. The number of likely N-dealkylation sites (tertiary alicyclic amines) is 1. The third-order valence-corrected chi connectivity index (χ3v) is 8.20. The number of ether oxygens (including phenoxy) is 2. The number of hydrogen-bond acceptors (Lipinski definition) is 8. The maximum absolute atomic E-state index is 13.6. The number of carboxylic acids is 1. The minimum absolute atomic E-state index is 0.127. The van der Waals surface area contributed by atoms with Crippen LogP contribution in [0.3, 0.4) is 0 Å². The first-order valence-corrected chi connectivity index (χ1v) is 16.2. The van der Waals surface area contributed by atoms with Crippen LogP contribution in [0.4, 0.5) is 18.0 Å². The lowest BCUT2D eigenvalue weighted by atomic mass is 10.1. The molecule has 0 radical (unpaired) electrons. The smallest absolute Gasteiger partial charge is 0.471 e. The maximum atomic E-state index is 13.6. The van der Waals surface area contributed by atoms with Gasteiger partial charge in [-0.15, -0.1) is 0 Å². The Kier molecular flexibility index (Phi) is 12.8. The van der Waals surface area contributed by atoms with Crippen molar-refractivity contribution in [3.05, 3.63) is 48.2 Å². The van der Waals surface area contributed by atoms with Gasteiger partial charge in [-0.1, -0.05) is 43.7 Å². The van der Waals surface area contributed by atoms with Crippen molar-refractivity contribution in [3.63, 3.8) is 0 Å². The SMILES string of the molecule is CCCCOC(=O)N1CCN(C(=O)[C@H](CCC(=O)O)NC(=O)c2cc(OC3CCN(C(=O)C(F)(F)F)CC3)cc(-c3ccccc3)n2)CC1. The summed E-state index contributed by atoms with van der Waals surface area (Å²) in [6.45, 7) is 2.70. The van der Waals surface area contributed by atoms with Crippen LogP contribution in [0.15, 0.2) is 42.5 Å². The van der Waals surface area contributed by atoms with E-state index in [0.717, 1.165) is 17.7 Å². The molecule has 16 heteroatoms. The molecule has 0 saturated carbocycles. The van der Waals surface area contributed by atoms with Gasteiger partial charge in [-0.3, -0.25) is 19.2 Å². The molecule has 2 aliphatic heterocycles. The van der Waals surface area contributed by atoms with Crippen LogP contribution in [0.1, 0.15) is 55.9 Å².